The molecule has 0 atom stereocenters. The maximum absolute atomic E-state index is 12.9. The van der Waals surface area contributed by atoms with Crippen LogP contribution in [0.2, 0.25) is 0 Å². The Labute approximate surface area is 169 Å². The van der Waals surface area contributed by atoms with Crippen molar-refractivity contribution >= 4 is 39.8 Å². The van der Waals surface area contributed by atoms with Gasteiger partial charge in [0.15, 0.2) is 0 Å². The zero-order valence-corrected chi connectivity index (χ0v) is 16.7. The second-order valence-corrected chi connectivity index (χ2v) is 8.22. The highest BCUT2D eigenvalue weighted by atomic mass is 32.2. The van der Waals surface area contributed by atoms with Gasteiger partial charge in [-0.25, -0.2) is 0 Å². The van der Waals surface area contributed by atoms with Gasteiger partial charge < -0.3 is 0 Å². The number of carbonyl (C=O) groups excluding carboxylic acids is 2. The molecular weight excluding hydrogens is 366 g/mol. The van der Waals surface area contributed by atoms with Crippen molar-refractivity contribution in [3.05, 3.63) is 88.3 Å². The topological polar surface area (TPSA) is 37.4 Å². The zero-order valence-electron chi connectivity index (χ0n) is 15.9. The van der Waals surface area contributed by atoms with Crippen LogP contribution in [-0.4, -0.2) is 16.0 Å². The fraction of sp³-hybridized carbons (Fsp3) is 0.167. The minimum Gasteiger partial charge on any atom is -0.268 e. The van der Waals surface area contributed by atoms with Crippen molar-refractivity contribution in [3.63, 3.8) is 0 Å². The largest absolute Gasteiger partial charge is 0.293 e. The predicted octanol–water partition coefficient (Wildman–Crippen LogP) is 6.20. The van der Waals surface area contributed by atoms with E-state index < -0.39 is 0 Å². The summed E-state index contributed by atoms with van der Waals surface area (Å²) in [5.41, 5.74) is 3.16. The minimum absolute atomic E-state index is 0.219. The molecule has 1 heterocycles. The van der Waals surface area contributed by atoms with Crippen LogP contribution in [-0.2, 0) is 11.3 Å². The Bertz CT molecular complexity index is 1080. The third kappa shape index (κ3) is 3.60. The summed E-state index contributed by atoms with van der Waals surface area (Å²) in [5.74, 6) is 0.234. The minimum atomic E-state index is -0.226. The number of hydrogen-bond donors (Lipinski definition) is 0. The molecule has 2 amide bonds. The van der Waals surface area contributed by atoms with Gasteiger partial charge in [-0.3, -0.25) is 14.5 Å². The third-order valence-corrected chi connectivity index (χ3v) is 5.89. The number of imide groups is 1. The number of amides is 2. The first-order chi connectivity index (χ1) is 13.5. The molecule has 0 radical (unpaired) electrons. The fourth-order valence-corrected chi connectivity index (χ4v) is 4.20. The number of nitrogens with zero attached hydrogens (tertiary/aromatic N) is 1. The first kappa shape index (κ1) is 18.5. The van der Waals surface area contributed by atoms with Gasteiger partial charge in [0.05, 0.1) is 11.4 Å². The Balaban J connectivity index is 1.58. The predicted molar refractivity (Wildman–Crippen MR) is 116 cm³/mol. The second kappa shape index (κ2) is 7.64. The van der Waals surface area contributed by atoms with E-state index in [0.29, 0.717) is 10.8 Å². The van der Waals surface area contributed by atoms with E-state index in [0.717, 1.165) is 33.7 Å². The molecule has 0 bridgehead atoms. The van der Waals surface area contributed by atoms with Crippen molar-refractivity contribution in [1.29, 1.82) is 0 Å². The summed E-state index contributed by atoms with van der Waals surface area (Å²) in [6.45, 7) is 4.58. The van der Waals surface area contributed by atoms with Crippen molar-refractivity contribution in [1.82, 2.24) is 4.90 Å². The first-order valence-electron chi connectivity index (χ1n) is 9.35. The van der Waals surface area contributed by atoms with Crippen LogP contribution in [0.3, 0.4) is 0 Å². The van der Waals surface area contributed by atoms with Gasteiger partial charge in [-0.05, 0) is 51.2 Å². The molecule has 3 aromatic carbocycles. The van der Waals surface area contributed by atoms with Gasteiger partial charge in [-0.15, -0.1) is 0 Å². The molecule has 1 saturated heterocycles. The highest BCUT2D eigenvalue weighted by Crippen LogP contribution is 2.34. The highest BCUT2D eigenvalue weighted by Gasteiger charge is 2.35. The van der Waals surface area contributed by atoms with Crippen molar-refractivity contribution in [2.75, 3.05) is 0 Å². The maximum atomic E-state index is 12.9. The van der Waals surface area contributed by atoms with Crippen LogP contribution >= 0.6 is 11.8 Å². The Kier molecular flexibility index (Phi) is 5.05. The Hall–Kier alpha value is -2.85. The van der Waals surface area contributed by atoms with E-state index in [1.165, 1.54) is 10.5 Å². The van der Waals surface area contributed by atoms with Gasteiger partial charge in [0.1, 0.15) is 0 Å². The molecule has 0 aromatic heterocycles. The summed E-state index contributed by atoms with van der Waals surface area (Å²) < 4.78 is 0. The van der Waals surface area contributed by atoms with Gasteiger partial charge in [0.25, 0.3) is 11.1 Å². The molecule has 28 heavy (non-hydrogen) atoms. The van der Waals surface area contributed by atoms with E-state index in [1.807, 2.05) is 54.6 Å². The molecule has 0 spiro atoms. The molecular formula is C24H21NO2S. The highest BCUT2D eigenvalue weighted by molar-refractivity contribution is 8.18. The van der Waals surface area contributed by atoms with Crippen LogP contribution in [0.25, 0.3) is 16.8 Å². The number of hydrogen-bond acceptors (Lipinski definition) is 3. The van der Waals surface area contributed by atoms with E-state index in [1.54, 1.807) is 6.08 Å². The SMILES string of the molecule is CC(C)c1ccc(/C=C2\SC(=O)N(Cc3cccc4ccccc34)C2=O)cc1. The van der Waals surface area contributed by atoms with Crippen LogP contribution in [0.15, 0.2) is 71.6 Å². The lowest BCUT2D eigenvalue weighted by molar-refractivity contribution is -0.123. The van der Waals surface area contributed by atoms with Gasteiger partial charge in [0, 0.05) is 0 Å². The summed E-state index contributed by atoms with van der Waals surface area (Å²) >= 11 is 1.01. The summed E-state index contributed by atoms with van der Waals surface area (Å²) in [7, 11) is 0. The van der Waals surface area contributed by atoms with E-state index >= 15 is 0 Å². The summed E-state index contributed by atoms with van der Waals surface area (Å²) in [6.07, 6.45) is 1.80. The Morgan fingerprint density at radius 3 is 2.39 bits per heavy atom. The standard InChI is InChI=1S/C24H21NO2S/c1-16(2)18-12-10-17(11-13-18)14-22-23(26)25(24(27)28-22)15-20-8-5-7-19-6-3-4-9-21(19)20/h3-14,16H,15H2,1-2H3/b22-14-. The average Bonchev–Trinajstić information content (AvgIpc) is 2.96. The van der Waals surface area contributed by atoms with Gasteiger partial charge in [0.2, 0.25) is 0 Å². The Morgan fingerprint density at radius 2 is 1.64 bits per heavy atom. The average molecular weight is 388 g/mol. The number of carbonyl (C=O) groups is 2. The molecule has 4 rings (SSSR count). The monoisotopic (exact) mass is 387 g/mol. The van der Waals surface area contributed by atoms with Gasteiger partial charge in [-0.2, -0.15) is 0 Å². The second-order valence-electron chi connectivity index (χ2n) is 7.23. The molecule has 1 aliphatic rings. The van der Waals surface area contributed by atoms with Crippen molar-refractivity contribution in [3.8, 4) is 0 Å². The van der Waals surface area contributed by atoms with Crippen molar-refractivity contribution < 1.29 is 9.59 Å². The van der Waals surface area contributed by atoms with Crippen LogP contribution in [0.1, 0.15) is 36.5 Å². The molecule has 3 aromatic rings. The lowest BCUT2D eigenvalue weighted by atomic mass is 10.0. The quantitative estimate of drug-likeness (QED) is 0.500. The molecule has 140 valence electrons. The van der Waals surface area contributed by atoms with Crippen LogP contribution < -0.4 is 0 Å². The maximum Gasteiger partial charge on any atom is 0.293 e. The van der Waals surface area contributed by atoms with E-state index in [-0.39, 0.29) is 17.7 Å². The summed E-state index contributed by atoms with van der Waals surface area (Å²) in [4.78, 5) is 27.2. The number of rotatable bonds is 4. The first-order valence-corrected chi connectivity index (χ1v) is 10.2. The van der Waals surface area contributed by atoms with E-state index in [9.17, 15) is 9.59 Å². The molecule has 1 aliphatic heterocycles. The molecule has 0 N–H and O–H groups in total. The van der Waals surface area contributed by atoms with Crippen molar-refractivity contribution in [2.45, 2.75) is 26.3 Å². The van der Waals surface area contributed by atoms with Crippen LogP contribution in [0, 0.1) is 0 Å². The molecule has 1 fully saturated rings. The third-order valence-electron chi connectivity index (χ3n) is 4.98. The van der Waals surface area contributed by atoms with Crippen LogP contribution in [0.4, 0.5) is 4.79 Å². The number of thioether (sulfide) groups is 1. The molecule has 3 nitrogen and oxygen atoms in total. The number of benzene rings is 3. The lowest BCUT2D eigenvalue weighted by Gasteiger charge is -2.14. The molecule has 4 heteroatoms. The smallest absolute Gasteiger partial charge is 0.268 e. The summed E-state index contributed by atoms with van der Waals surface area (Å²) in [5, 5.41) is 1.95. The van der Waals surface area contributed by atoms with Gasteiger partial charge >= 0.3 is 0 Å². The lowest BCUT2D eigenvalue weighted by Crippen LogP contribution is -2.27. The van der Waals surface area contributed by atoms with Crippen LogP contribution in [0.5, 0.6) is 0 Å². The Morgan fingerprint density at radius 1 is 0.929 bits per heavy atom. The van der Waals surface area contributed by atoms with E-state index in [2.05, 4.69) is 26.0 Å². The van der Waals surface area contributed by atoms with Crippen molar-refractivity contribution in [2.24, 2.45) is 0 Å². The normalized spacial score (nSPS) is 16.0. The van der Waals surface area contributed by atoms with Gasteiger partial charge in [-0.1, -0.05) is 80.6 Å². The molecule has 0 unspecified atom stereocenters. The summed E-state index contributed by atoms with van der Waals surface area (Å²) in [6, 6.07) is 22.1. The molecule has 0 saturated carbocycles. The molecule has 0 aliphatic carbocycles. The fourth-order valence-electron chi connectivity index (χ4n) is 3.37. The zero-order chi connectivity index (χ0) is 19.7. The van der Waals surface area contributed by atoms with E-state index in [4.69, 9.17) is 0 Å². The number of fused-ring (bicyclic) bond motifs is 1.